The molecule has 1 saturated carbocycles. The summed E-state index contributed by atoms with van der Waals surface area (Å²) in [6, 6.07) is -1.10. The lowest BCUT2D eigenvalue weighted by Crippen LogP contribution is -2.60. The molecule has 1 amide bonds. The van der Waals surface area contributed by atoms with Crippen molar-refractivity contribution in [3.05, 3.63) is 47.6 Å². The van der Waals surface area contributed by atoms with E-state index in [9.17, 15) is 43.8 Å². The number of rotatable bonds is 28. The Hall–Kier alpha value is -4.27. The Morgan fingerprint density at radius 1 is 0.875 bits per heavy atom. The van der Waals surface area contributed by atoms with Crippen molar-refractivity contribution in [1.29, 1.82) is 0 Å². The molecule has 3 rings (SSSR count). The van der Waals surface area contributed by atoms with E-state index in [2.05, 4.69) is 6.92 Å². The average Bonchev–Trinajstić information content (AvgIpc) is 3.34. The summed E-state index contributed by atoms with van der Waals surface area (Å²) in [6.45, 7) is 20.9. The maximum absolute atomic E-state index is 14.0. The zero-order valence-corrected chi connectivity index (χ0v) is 45.9. The lowest BCUT2D eigenvalue weighted by Gasteiger charge is -2.42. The Labute approximate surface area is 431 Å². The number of allylic oxidation sites excluding steroid dienone is 7. The Morgan fingerprint density at radius 2 is 1.56 bits per heavy atom. The van der Waals surface area contributed by atoms with E-state index in [-0.39, 0.29) is 48.9 Å². The van der Waals surface area contributed by atoms with Gasteiger partial charge in [0.2, 0.25) is 5.79 Å². The third-order valence-corrected chi connectivity index (χ3v) is 15.4. The molecule has 0 radical (unpaired) electrons. The number of esters is 2. The number of carboxylic acid groups (broad SMARTS) is 1. The first-order valence-electron chi connectivity index (χ1n) is 27.0. The second kappa shape index (κ2) is 29.6. The van der Waals surface area contributed by atoms with Crippen LogP contribution in [0.2, 0.25) is 0 Å². The van der Waals surface area contributed by atoms with E-state index in [0.29, 0.717) is 68.8 Å². The van der Waals surface area contributed by atoms with Crippen LogP contribution in [0.15, 0.2) is 47.6 Å². The largest absolute Gasteiger partial charge is 0.480 e. The topological polar surface area (TPSA) is 200 Å². The third kappa shape index (κ3) is 18.9. The molecule has 72 heavy (non-hydrogen) atoms. The van der Waals surface area contributed by atoms with Gasteiger partial charge in [0.05, 0.1) is 17.4 Å². The van der Waals surface area contributed by atoms with Crippen molar-refractivity contribution in [2.24, 2.45) is 40.9 Å². The molecule has 2 heterocycles. The van der Waals surface area contributed by atoms with E-state index >= 15 is 0 Å². The maximum atomic E-state index is 14.0. The van der Waals surface area contributed by atoms with Crippen LogP contribution >= 0.6 is 0 Å². The summed E-state index contributed by atoms with van der Waals surface area (Å²) in [5.41, 5.74) is 1.17. The highest BCUT2D eigenvalue weighted by atomic mass is 16.6. The number of methoxy groups -OCH3 is 1. The molecule has 406 valence electrons. The number of aliphatic hydroxyl groups is 1. The van der Waals surface area contributed by atoms with Gasteiger partial charge in [0.1, 0.15) is 17.9 Å². The van der Waals surface area contributed by atoms with Gasteiger partial charge in [-0.25, -0.2) is 4.79 Å². The molecular formula is C58H91NO13. The number of likely N-dealkylation sites (tertiary alicyclic amines) is 1. The number of hydrogen-bond donors (Lipinski definition) is 2. The molecule has 2 N–H and O–H groups in total. The number of aliphatic carboxylic acids is 1. The van der Waals surface area contributed by atoms with Crippen LogP contribution in [0.4, 0.5) is 0 Å². The van der Waals surface area contributed by atoms with Gasteiger partial charge < -0.3 is 34.1 Å². The van der Waals surface area contributed by atoms with Gasteiger partial charge in [-0.3, -0.25) is 28.8 Å². The Balaban J connectivity index is 1.50. The molecule has 0 spiro atoms. The number of nitrogens with zero attached hydrogens (tertiary/aromatic N) is 1. The van der Waals surface area contributed by atoms with E-state index in [1.54, 1.807) is 33.8 Å². The second-order valence-corrected chi connectivity index (χ2v) is 22.5. The molecule has 0 aromatic carbocycles. The summed E-state index contributed by atoms with van der Waals surface area (Å²) >= 11 is 0. The Morgan fingerprint density at radius 3 is 2.18 bits per heavy atom. The quantitative estimate of drug-likeness (QED) is 0.0325. The zero-order chi connectivity index (χ0) is 53.9. The molecular weight excluding hydrogens is 919 g/mol. The smallest absolute Gasteiger partial charge is 0.326 e. The van der Waals surface area contributed by atoms with Gasteiger partial charge in [-0.15, -0.1) is 0 Å². The molecule has 2 aliphatic heterocycles. The lowest BCUT2D eigenvalue weighted by atomic mass is 9.80. The van der Waals surface area contributed by atoms with Gasteiger partial charge in [0, 0.05) is 38.3 Å². The number of ether oxygens (including phenoxy) is 4. The first-order valence-corrected chi connectivity index (χ1v) is 27.0. The van der Waals surface area contributed by atoms with Gasteiger partial charge in [-0.05, 0) is 147 Å². The highest BCUT2D eigenvalue weighted by Crippen LogP contribution is 2.37. The number of carbonyl (C=O) groups excluding carboxylic acids is 6. The van der Waals surface area contributed by atoms with Gasteiger partial charge in [0.15, 0.2) is 18.0 Å². The highest BCUT2D eigenvalue weighted by Gasteiger charge is 2.52. The number of piperidine rings is 1. The van der Waals surface area contributed by atoms with Gasteiger partial charge in [-0.2, -0.15) is 0 Å². The van der Waals surface area contributed by atoms with Crippen LogP contribution in [0.3, 0.4) is 0 Å². The van der Waals surface area contributed by atoms with Gasteiger partial charge in [0.25, 0.3) is 11.7 Å². The normalized spacial score (nSPS) is 25.7. The van der Waals surface area contributed by atoms with Crippen LogP contribution in [0.5, 0.6) is 0 Å². The summed E-state index contributed by atoms with van der Waals surface area (Å²) in [7, 11) is 1.43. The summed E-state index contributed by atoms with van der Waals surface area (Å²) in [6.07, 6.45) is 20.1. The van der Waals surface area contributed by atoms with Crippen LogP contribution in [-0.2, 0) is 52.5 Å². The Kier molecular flexibility index (Phi) is 25.5. The maximum Gasteiger partial charge on any atom is 0.326 e. The number of hydrogen-bond acceptors (Lipinski definition) is 12. The average molecular weight is 1010 g/mol. The Bertz CT molecular complexity index is 1960. The highest BCUT2D eigenvalue weighted by molar-refractivity contribution is 6.39. The lowest BCUT2D eigenvalue weighted by molar-refractivity contribution is -0.263. The first-order chi connectivity index (χ1) is 33.8. The van der Waals surface area contributed by atoms with Crippen LogP contribution in [0, 0.1) is 40.9 Å². The predicted octanol–water partition coefficient (Wildman–Crippen LogP) is 10.4. The summed E-state index contributed by atoms with van der Waals surface area (Å²) in [5, 5.41) is 21.0. The van der Waals surface area contributed by atoms with E-state index in [4.69, 9.17) is 18.9 Å². The number of amides is 1. The minimum absolute atomic E-state index is 0.0145. The van der Waals surface area contributed by atoms with Crippen molar-refractivity contribution in [3.8, 4) is 0 Å². The SMILES string of the molecule is CCC(C)(C)C(=O)OC1CCC(C[C@@H](C)CCC(=O)C/C=C(\C)C(OC(=O)C(C)C)[C@@H](OC)C(=O)C(C)C[C@H](C)/C=C/C=C/C=C(\C)CCC2CCC(C)C(O)(C(=O)C(=O)N3CCCCC3C(=O)O)O2)CC1. The molecule has 3 aliphatic rings. The van der Waals surface area contributed by atoms with E-state index in [0.717, 1.165) is 55.4 Å². The molecule has 14 heteroatoms. The van der Waals surface area contributed by atoms with Gasteiger partial charge in [-0.1, -0.05) is 90.5 Å². The standard InChI is InChI=1S/C58H91NO13/c1-13-57(10,11)56(67)70-46-32-26-44(27-33-46)36-40(6)22-28-45(60)29-24-41(7)50(71-55(66)37(2)3)51(69-12)49(61)42(8)35-39(5)20-16-14-15-19-38(4)23-30-47-31-25-43(9)58(68,72-47)52(62)53(63)59-34-18-17-21-48(59)54(64)65/h14-16,19-20,24,37,39-40,42-44,46-48,50-51,68H,13,17-18,21-23,25-36H2,1-12H3,(H,64,65)/b15-14+,20-16+,38-19+,41-24+/t39-,40+,42?,43?,44?,46?,47?,48?,50?,51+,58?/m1/s1. The van der Waals surface area contributed by atoms with Crippen molar-refractivity contribution in [2.45, 2.75) is 222 Å². The molecule has 9 atom stereocenters. The molecule has 1 aliphatic carbocycles. The summed E-state index contributed by atoms with van der Waals surface area (Å²) in [5.74, 6) is -6.87. The number of ketones is 3. The molecule has 0 bridgehead atoms. The van der Waals surface area contributed by atoms with E-state index < -0.39 is 76.9 Å². The fourth-order valence-electron chi connectivity index (χ4n) is 9.87. The minimum atomic E-state index is -2.32. The fourth-order valence-corrected chi connectivity index (χ4v) is 9.87. The predicted molar refractivity (Wildman–Crippen MR) is 277 cm³/mol. The van der Waals surface area contributed by atoms with Crippen molar-refractivity contribution < 1.29 is 62.7 Å². The van der Waals surface area contributed by atoms with Crippen molar-refractivity contribution in [3.63, 3.8) is 0 Å². The van der Waals surface area contributed by atoms with E-state index in [1.165, 1.54) is 7.11 Å². The molecule has 2 saturated heterocycles. The summed E-state index contributed by atoms with van der Waals surface area (Å²) in [4.78, 5) is 92.1. The minimum Gasteiger partial charge on any atom is -0.480 e. The fraction of sp³-hybridized carbons (Fsp3) is 0.741. The van der Waals surface area contributed by atoms with E-state index in [1.807, 2.05) is 71.9 Å². The summed E-state index contributed by atoms with van der Waals surface area (Å²) < 4.78 is 23.4. The van der Waals surface area contributed by atoms with Crippen molar-refractivity contribution in [1.82, 2.24) is 4.90 Å². The van der Waals surface area contributed by atoms with Crippen molar-refractivity contribution >= 4 is 41.2 Å². The monoisotopic (exact) mass is 1010 g/mol. The third-order valence-electron chi connectivity index (χ3n) is 15.4. The van der Waals surface area contributed by atoms with Gasteiger partial charge >= 0.3 is 17.9 Å². The van der Waals surface area contributed by atoms with Crippen LogP contribution in [0.25, 0.3) is 0 Å². The first kappa shape index (κ1) is 62.0. The second-order valence-electron chi connectivity index (χ2n) is 22.5. The number of carbonyl (C=O) groups is 7. The van der Waals surface area contributed by atoms with Crippen LogP contribution in [0.1, 0.15) is 185 Å². The number of Topliss-reactive ketones (excluding diaryl/α,β-unsaturated/α-hetero) is 3. The van der Waals surface area contributed by atoms with Crippen molar-refractivity contribution in [2.75, 3.05) is 13.7 Å². The molecule has 6 unspecified atom stereocenters. The molecule has 0 aromatic heterocycles. The van der Waals surface area contributed by atoms with Crippen LogP contribution in [-0.4, -0.2) is 106 Å². The number of carboxylic acids is 1. The molecule has 0 aromatic rings. The molecule has 14 nitrogen and oxygen atoms in total. The van der Waals surface area contributed by atoms with Crippen LogP contribution < -0.4 is 0 Å². The zero-order valence-electron chi connectivity index (χ0n) is 45.9. The molecule has 3 fully saturated rings.